The number of nitrogens with one attached hydrogen (secondary N) is 1. The van der Waals surface area contributed by atoms with Gasteiger partial charge in [0, 0.05) is 25.1 Å². The van der Waals surface area contributed by atoms with Crippen LogP contribution in [0.15, 0.2) is 30.6 Å². The smallest absolute Gasteiger partial charge is 0.133 e. The van der Waals surface area contributed by atoms with Crippen molar-refractivity contribution < 1.29 is 14.2 Å². The van der Waals surface area contributed by atoms with Crippen LogP contribution in [0.25, 0.3) is 22.3 Å². The van der Waals surface area contributed by atoms with E-state index in [-0.39, 0.29) is 12.1 Å². The Morgan fingerprint density at radius 2 is 2.21 bits per heavy atom. The van der Waals surface area contributed by atoms with Crippen LogP contribution in [0.1, 0.15) is 13.8 Å². The van der Waals surface area contributed by atoms with Crippen LogP contribution >= 0.6 is 0 Å². The van der Waals surface area contributed by atoms with Crippen LogP contribution in [0.2, 0.25) is 0 Å². The maximum absolute atomic E-state index is 5.93. The molecule has 1 fully saturated rings. The zero-order valence-electron chi connectivity index (χ0n) is 16.4. The van der Waals surface area contributed by atoms with Gasteiger partial charge in [0.05, 0.1) is 37.1 Å². The first-order valence-electron chi connectivity index (χ1n) is 9.46. The first-order chi connectivity index (χ1) is 13.7. The standard InChI is InChI=1S/C20H25N5O3/c1-13-10-27-7-6-25(13)19-9-18(21-12-22-19)20-16-8-15(28-14(2)11-26-3)4-5-17(16)23-24-20/h4-5,8-9,12-14H,6-7,10-11H2,1-3H3,(H,23,24). The number of methoxy groups -OCH3 is 1. The first-order valence-corrected chi connectivity index (χ1v) is 9.46. The summed E-state index contributed by atoms with van der Waals surface area (Å²) in [6, 6.07) is 8.14. The molecule has 1 N–H and O–H groups in total. The second kappa shape index (κ2) is 8.12. The molecule has 0 bridgehead atoms. The number of hydrogen-bond donors (Lipinski definition) is 1. The summed E-state index contributed by atoms with van der Waals surface area (Å²) in [6.07, 6.45) is 1.56. The van der Waals surface area contributed by atoms with Crippen molar-refractivity contribution in [3.05, 3.63) is 30.6 Å². The quantitative estimate of drug-likeness (QED) is 0.700. The molecular formula is C20H25N5O3. The lowest BCUT2D eigenvalue weighted by atomic mass is 10.1. The van der Waals surface area contributed by atoms with Crippen LogP contribution in [0.3, 0.4) is 0 Å². The van der Waals surface area contributed by atoms with E-state index in [0.29, 0.717) is 19.8 Å². The van der Waals surface area contributed by atoms with Gasteiger partial charge >= 0.3 is 0 Å². The van der Waals surface area contributed by atoms with Gasteiger partial charge < -0.3 is 19.1 Å². The number of aromatic amines is 1. The van der Waals surface area contributed by atoms with Gasteiger partial charge in [-0.2, -0.15) is 5.10 Å². The zero-order chi connectivity index (χ0) is 19.5. The van der Waals surface area contributed by atoms with Gasteiger partial charge in [-0.15, -0.1) is 0 Å². The van der Waals surface area contributed by atoms with E-state index in [1.165, 1.54) is 0 Å². The lowest BCUT2D eigenvalue weighted by Gasteiger charge is -2.34. The topological polar surface area (TPSA) is 85.4 Å². The first kappa shape index (κ1) is 18.6. The van der Waals surface area contributed by atoms with Crippen LogP contribution in [0.4, 0.5) is 5.82 Å². The average Bonchev–Trinajstić information content (AvgIpc) is 3.12. The van der Waals surface area contributed by atoms with E-state index in [9.17, 15) is 0 Å². The molecule has 1 aliphatic rings. The third-order valence-corrected chi connectivity index (χ3v) is 4.83. The van der Waals surface area contributed by atoms with Crippen LogP contribution in [0, 0.1) is 0 Å². The van der Waals surface area contributed by atoms with Crippen LogP contribution in [-0.2, 0) is 9.47 Å². The summed E-state index contributed by atoms with van der Waals surface area (Å²) in [5.41, 5.74) is 2.49. The maximum atomic E-state index is 5.93. The summed E-state index contributed by atoms with van der Waals surface area (Å²) in [5, 5.41) is 8.52. The number of nitrogens with zero attached hydrogens (tertiary/aromatic N) is 4. The molecule has 4 rings (SSSR count). The summed E-state index contributed by atoms with van der Waals surface area (Å²) in [6.45, 7) is 6.86. The molecule has 0 amide bonds. The second-order valence-electron chi connectivity index (χ2n) is 7.04. The number of rotatable bonds is 6. The fourth-order valence-corrected chi connectivity index (χ4v) is 3.46. The van der Waals surface area contributed by atoms with Gasteiger partial charge in [0.2, 0.25) is 0 Å². The monoisotopic (exact) mass is 383 g/mol. The Hall–Kier alpha value is -2.71. The van der Waals surface area contributed by atoms with E-state index in [4.69, 9.17) is 14.2 Å². The molecule has 0 aliphatic carbocycles. The predicted octanol–water partition coefficient (Wildman–Crippen LogP) is 2.66. The molecule has 1 aromatic carbocycles. The molecule has 2 atom stereocenters. The molecule has 3 heterocycles. The van der Waals surface area contributed by atoms with Gasteiger partial charge in [-0.1, -0.05) is 0 Å². The Kier molecular flexibility index (Phi) is 5.40. The van der Waals surface area contributed by atoms with Crippen LogP contribution in [-0.4, -0.2) is 65.8 Å². The lowest BCUT2D eigenvalue weighted by molar-refractivity contribution is 0.0922. The Morgan fingerprint density at radius 3 is 3.04 bits per heavy atom. The highest BCUT2D eigenvalue weighted by molar-refractivity contribution is 5.93. The molecular weight excluding hydrogens is 358 g/mol. The fourth-order valence-electron chi connectivity index (χ4n) is 3.46. The van der Waals surface area contributed by atoms with Crippen molar-refractivity contribution in [2.24, 2.45) is 0 Å². The third-order valence-electron chi connectivity index (χ3n) is 4.83. The van der Waals surface area contributed by atoms with Gasteiger partial charge in [0.15, 0.2) is 0 Å². The van der Waals surface area contributed by atoms with Crippen molar-refractivity contribution in [2.45, 2.75) is 26.0 Å². The van der Waals surface area contributed by atoms with Gasteiger partial charge in [0.1, 0.15) is 29.7 Å². The predicted molar refractivity (Wildman–Crippen MR) is 107 cm³/mol. The molecule has 1 saturated heterocycles. The second-order valence-corrected chi connectivity index (χ2v) is 7.04. The van der Waals surface area contributed by atoms with Crippen molar-refractivity contribution in [1.29, 1.82) is 0 Å². The lowest BCUT2D eigenvalue weighted by Crippen LogP contribution is -2.44. The minimum absolute atomic E-state index is 0.0359. The third kappa shape index (κ3) is 3.79. The van der Waals surface area contributed by atoms with Crippen molar-refractivity contribution in [3.8, 4) is 17.1 Å². The maximum Gasteiger partial charge on any atom is 0.133 e. The summed E-state index contributed by atoms with van der Waals surface area (Å²) in [7, 11) is 1.67. The number of ether oxygens (including phenoxy) is 3. The Labute approximate surface area is 163 Å². The van der Waals surface area contributed by atoms with Crippen LogP contribution < -0.4 is 9.64 Å². The molecule has 3 aromatic rings. The Bertz CT molecular complexity index is 944. The van der Waals surface area contributed by atoms with Gasteiger partial charge in [0.25, 0.3) is 0 Å². The number of aromatic nitrogens is 4. The minimum Gasteiger partial charge on any atom is -0.488 e. The largest absolute Gasteiger partial charge is 0.488 e. The molecule has 148 valence electrons. The SMILES string of the molecule is COCC(C)Oc1ccc2[nH]nc(-c3cc(N4CCOCC4C)ncn3)c2c1. The average molecular weight is 383 g/mol. The molecule has 0 spiro atoms. The van der Waals surface area contributed by atoms with Gasteiger partial charge in [-0.05, 0) is 32.0 Å². The Morgan fingerprint density at radius 1 is 1.32 bits per heavy atom. The molecule has 0 radical (unpaired) electrons. The number of benzene rings is 1. The van der Waals surface area contributed by atoms with E-state index in [2.05, 4.69) is 32.0 Å². The fraction of sp³-hybridized carbons (Fsp3) is 0.450. The highest BCUT2D eigenvalue weighted by Crippen LogP contribution is 2.30. The van der Waals surface area contributed by atoms with Crippen molar-refractivity contribution in [1.82, 2.24) is 20.2 Å². The zero-order valence-corrected chi connectivity index (χ0v) is 16.4. The summed E-state index contributed by atoms with van der Waals surface area (Å²) < 4.78 is 16.6. The van der Waals surface area contributed by atoms with E-state index >= 15 is 0 Å². The number of fused-ring (bicyclic) bond motifs is 1. The van der Waals surface area contributed by atoms with E-state index in [1.54, 1.807) is 13.4 Å². The molecule has 8 heteroatoms. The molecule has 0 saturated carbocycles. The Balaban J connectivity index is 1.66. The van der Waals surface area contributed by atoms with Crippen molar-refractivity contribution in [3.63, 3.8) is 0 Å². The molecule has 1 aliphatic heterocycles. The van der Waals surface area contributed by atoms with Crippen molar-refractivity contribution >= 4 is 16.7 Å². The summed E-state index contributed by atoms with van der Waals surface area (Å²) >= 11 is 0. The van der Waals surface area contributed by atoms with Gasteiger partial charge in [-0.3, -0.25) is 5.10 Å². The summed E-state index contributed by atoms with van der Waals surface area (Å²) in [4.78, 5) is 11.2. The normalized spacial score (nSPS) is 18.4. The molecule has 2 unspecified atom stereocenters. The number of anilines is 1. The molecule has 2 aromatic heterocycles. The highest BCUT2D eigenvalue weighted by atomic mass is 16.5. The number of morpholine rings is 1. The molecule has 8 nitrogen and oxygen atoms in total. The summed E-state index contributed by atoms with van der Waals surface area (Å²) in [5.74, 6) is 1.66. The highest BCUT2D eigenvalue weighted by Gasteiger charge is 2.21. The van der Waals surface area contributed by atoms with E-state index in [0.717, 1.165) is 40.4 Å². The van der Waals surface area contributed by atoms with E-state index < -0.39 is 0 Å². The van der Waals surface area contributed by atoms with Crippen molar-refractivity contribution in [2.75, 3.05) is 38.4 Å². The number of hydrogen-bond acceptors (Lipinski definition) is 7. The number of H-pyrrole nitrogens is 1. The molecule has 28 heavy (non-hydrogen) atoms. The van der Waals surface area contributed by atoms with Crippen LogP contribution in [0.5, 0.6) is 5.75 Å². The van der Waals surface area contributed by atoms with E-state index in [1.807, 2.05) is 31.2 Å². The van der Waals surface area contributed by atoms with Gasteiger partial charge in [-0.25, -0.2) is 9.97 Å². The minimum atomic E-state index is -0.0359.